The van der Waals surface area contributed by atoms with E-state index in [9.17, 15) is 0 Å². The van der Waals surface area contributed by atoms with Crippen LogP contribution in [0.15, 0.2) is 30.6 Å². The average Bonchev–Trinajstić information content (AvgIpc) is 2.81. The van der Waals surface area contributed by atoms with Crippen molar-refractivity contribution >= 4 is 0 Å². The summed E-state index contributed by atoms with van der Waals surface area (Å²) in [6, 6.07) is 6.90. The number of nitrogens with zero attached hydrogens (tertiary/aromatic N) is 2. The second-order valence-corrected chi connectivity index (χ2v) is 4.91. The topological polar surface area (TPSA) is 29.9 Å². The summed E-state index contributed by atoms with van der Waals surface area (Å²) in [5, 5.41) is 7.65. The van der Waals surface area contributed by atoms with Gasteiger partial charge in [-0.05, 0) is 38.9 Å². The van der Waals surface area contributed by atoms with E-state index in [-0.39, 0.29) is 0 Å². The molecule has 1 aromatic heterocycles. The van der Waals surface area contributed by atoms with Crippen molar-refractivity contribution in [3.63, 3.8) is 0 Å². The molecule has 3 heteroatoms. The molecule has 0 radical (unpaired) electrons. The first-order chi connectivity index (χ1) is 8.60. The summed E-state index contributed by atoms with van der Waals surface area (Å²) >= 11 is 0. The van der Waals surface area contributed by atoms with Crippen molar-refractivity contribution in [3.05, 3.63) is 52.8 Å². The summed E-state index contributed by atoms with van der Waals surface area (Å²) in [6.45, 7) is 7.25. The maximum absolute atomic E-state index is 4.43. The standard InChI is InChI=1S/C15H21N3/c1-11-5-6-12(2)14(7-11)9-18-10-15(8-17-18)13(3)16-4/h5-8,10,13,16H,9H2,1-4H3. The zero-order valence-electron chi connectivity index (χ0n) is 11.6. The molecule has 0 saturated heterocycles. The summed E-state index contributed by atoms with van der Waals surface area (Å²) in [5.41, 5.74) is 5.18. The third-order valence-corrected chi connectivity index (χ3v) is 3.42. The Morgan fingerprint density at radius 3 is 2.83 bits per heavy atom. The van der Waals surface area contributed by atoms with E-state index in [4.69, 9.17) is 0 Å². The molecule has 18 heavy (non-hydrogen) atoms. The lowest BCUT2D eigenvalue weighted by Crippen LogP contribution is -2.11. The van der Waals surface area contributed by atoms with Crippen LogP contribution in [0.3, 0.4) is 0 Å². The van der Waals surface area contributed by atoms with E-state index in [0.29, 0.717) is 6.04 Å². The number of nitrogens with one attached hydrogen (secondary N) is 1. The van der Waals surface area contributed by atoms with Gasteiger partial charge in [-0.15, -0.1) is 0 Å². The number of benzene rings is 1. The van der Waals surface area contributed by atoms with Crippen molar-refractivity contribution in [1.82, 2.24) is 15.1 Å². The molecule has 0 saturated carbocycles. The fourth-order valence-corrected chi connectivity index (χ4v) is 2.00. The second kappa shape index (κ2) is 5.36. The molecule has 1 atom stereocenters. The number of hydrogen-bond acceptors (Lipinski definition) is 2. The zero-order chi connectivity index (χ0) is 13.1. The molecule has 2 aromatic rings. The Kier molecular flexibility index (Phi) is 3.82. The molecule has 0 bridgehead atoms. The second-order valence-electron chi connectivity index (χ2n) is 4.91. The summed E-state index contributed by atoms with van der Waals surface area (Å²) in [6.07, 6.45) is 4.05. The maximum Gasteiger partial charge on any atom is 0.0662 e. The van der Waals surface area contributed by atoms with Gasteiger partial charge in [0.25, 0.3) is 0 Å². The Labute approximate surface area is 109 Å². The van der Waals surface area contributed by atoms with E-state index in [1.807, 2.05) is 17.9 Å². The highest BCUT2D eigenvalue weighted by atomic mass is 15.3. The summed E-state index contributed by atoms with van der Waals surface area (Å²) in [4.78, 5) is 0. The van der Waals surface area contributed by atoms with E-state index in [2.05, 4.69) is 55.6 Å². The first-order valence-electron chi connectivity index (χ1n) is 6.36. The van der Waals surface area contributed by atoms with Gasteiger partial charge in [0.05, 0.1) is 12.7 Å². The summed E-state index contributed by atoms with van der Waals surface area (Å²) < 4.78 is 2.00. The highest BCUT2D eigenvalue weighted by molar-refractivity contribution is 5.30. The fourth-order valence-electron chi connectivity index (χ4n) is 2.00. The van der Waals surface area contributed by atoms with Crippen LogP contribution < -0.4 is 5.32 Å². The van der Waals surface area contributed by atoms with Crippen LogP contribution in [0.2, 0.25) is 0 Å². The van der Waals surface area contributed by atoms with Crippen molar-refractivity contribution in [3.8, 4) is 0 Å². The van der Waals surface area contributed by atoms with Crippen LogP contribution in [0.1, 0.15) is 35.2 Å². The van der Waals surface area contributed by atoms with Gasteiger partial charge in [-0.2, -0.15) is 5.10 Å². The molecule has 1 N–H and O–H groups in total. The molecule has 0 spiro atoms. The van der Waals surface area contributed by atoms with Gasteiger partial charge in [-0.1, -0.05) is 23.8 Å². The van der Waals surface area contributed by atoms with E-state index >= 15 is 0 Å². The molecule has 2 rings (SSSR count). The Morgan fingerprint density at radius 1 is 1.33 bits per heavy atom. The minimum Gasteiger partial charge on any atom is -0.313 e. The molecule has 0 aliphatic rings. The number of aromatic nitrogens is 2. The largest absolute Gasteiger partial charge is 0.313 e. The fraction of sp³-hybridized carbons (Fsp3) is 0.400. The van der Waals surface area contributed by atoms with Crippen LogP contribution in [-0.4, -0.2) is 16.8 Å². The third kappa shape index (κ3) is 2.79. The van der Waals surface area contributed by atoms with Gasteiger partial charge in [-0.25, -0.2) is 0 Å². The van der Waals surface area contributed by atoms with Crippen molar-refractivity contribution in [2.24, 2.45) is 0 Å². The van der Waals surface area contributed by atoms with Gasteiger partial charge in [0.1, 0.15) is 0 Å². The lowest BCUT2D eigenvalue weighted by atomic mass is 10.1. The van der Waals surface area contributed by atoms with Gasteiger partial charge in [0, 0.05) is 17.8 Å². The van der Waals surface area contributed by atoms with E-state index in [0.717, 1.165) is 6.54 Å². The lowest BCUT2D eigenvalue weighted by Gasteiger charge is -2.08. The molecule has 3 nitrogen and oxygen atoms in total. The first kappa shape index (κ1) is 12.8. The van der Waals surface area contributed by atoms with Crippen molar-refractivity contribution in [2.75, 3.05) is 7.05 Å². The summed E-state index contributed by atoms with van der Waals surface area (Å²) in [5.74, 6) is 0. The van der Waals surface area contributed by atoms with E-state index < -0.39 is 0 Å². The normalized spacial score (nSPS) is 12.7. The maximum atomic E-state index is 4.43. The SMILES string of the molecule is CNC(C)c1cnn(Cc2cc(C)ccc2C)c1. The highest BCUT2D eigenvalue weighted by Crippen LogP contribution is 2.14. The molecule has 1 aromatic carbocycles. The Morgan fingerprint density at radius 2 is 2.11 bits per heavy atom. The zero-order valence-corrected chi connectivity index (χ0v) is 11.6. The molecular formula is C15H21N3. The van der Waals surface area contributed by atoms with Crippen LogP contribution in [0.5, 0.6) is 0 Å². The smallest absolute Gasteiger partial charge is 0.0662 e. The number of aryl methyl sites for hydroxylation is 2. The van der Waals surface area contributed by atoms with Crippen molar-refractivity contribution in [2.45, 2.75) is 33.4 Å². The Hall–Kier alpha value is -1.61. The number of rotatable bonds is 4. The van der Waals surface area contributed by atoms with Crippen LogP contribution in [0.4, 0.5) is 0 Å². The minimum absolute atomic E-state index is 0.345. The van der Waals surface area contributed by atoms with Gasteiger partial charge < -0.3 is 5.32 Å². The molecule has 1 unspecified atom stereocenters. The molecular weight excluding hydrogens is 222 g/mol. The van der Waals surface area contributed by atoms with Crippen LogP contribution in [0, 0.1) is 13.8 Å². The van der Waals surface area contributed by atoms with Crippen molar-refractivity contribution in [1.29, 1.82) is 0 Å². The third-order valence-electron chi connectivity index (χ3n) is 3.42. The molecule has 1 heterocycles. The quantitative estimate of drug-likeness (QED) is 0.895. The van der Waals surface area contributed by atoms with Crippen LogP contribution >= 0.6 is 0 Å². The van der Waals surface area contributed by atoms with Crippen LogP contribution in [-0.2, 0) is 6.54 Å². The predicted octanol–water partition coefficient (Wildman–Crippen LogP) is 2.83. The predicted molar refractivity (Wildman–Crippen MR) is 74.7 cm³/mol. The molecule has 0 aliphatic carbocycles. The Balaban J connectivity index is 2.18. The molecule has 0 aliphatic heterocycles. The summed E-state index contributed by atoms with van der Waals surface area (Å²) in [7, 11) is 1.96. The van der Waals surface area contributed by atoms with Crippen LogP contribution in [0.25, 0.3) is 0 Å². The van der Waals surface area contributed by atoms with Gasteiger partial charge in [0.15, 0.2) is 0 Å². The monoisotopic (exact) mass is 243 g/mol. The van der Waals surface area contributed by atoms with E-state index in [1.54, 1.807) is 0 Å². The first-order valence-corrected chi connectivity index (χ1v) is 6.36. The van der Waals surface area contributed by atoms with E-state index in [1.165, 1.54) is 22.3 Å². The number of hydrogen-bond donors (Lipinski definition) is 1. The lowest BCUT2D eigenvalue weighted by molar-refractivity contribution is 0.646. The molecule has 96 valence electrons. The average molecular weight is 243 g/mol. The van der Waals surface area contributed by atoms with Gasteiger partial charge in [-0.3, -0.25) is 4.68 Å². The van der Waals surface area contributed by atoms with Gasteiger partial charge in [0.2, 0.25) is 0 Å². The minimum atomic E-state index is 0.345. The van der Waals surface area contributed by atoms with Gasteiger partial charge >= 0.3 is 0 Å². The van der Waals surface area contributed by atoms with Crippen molar-refractivity contribution < 1.29 is 0 Å². The highest BCUT2D eigenvalue weighted by Gasteiger charge is 2.06. The molecule has 0 amide bonds. The Bertz CT molecular complexity index is 528. The molecule has 0 fully saturated rings.